The first-order valence-electron chi connectivity index (χ1n) is 10.0. The smallest absolute Gasteiger partial charge is 0.224 e. The Morgan fingerprint density at radius 3 is 2.63 bits per heavy atom. The number of thiazole rings is 1. The van der Waals surface area contributed by atoms with Crippen molar-refractivity contribution in [3.63, 3.8) is 0 Å². The van der Waals surface area contributed by atoms with Gasteiger partial charge in [-0.3, -0.25) is 0 Å². The summed E-state index contributed by atoms with van der Waals surface area (Å²) in [4.78, 5) is 14.5. The zero-order chi connectivity index (χ0) is 18.2. The summed E-state index contributed by atoms with van der Waals surface area (Å²) in [6.07, 6.45) is 7.67. The summed E-state index contributed by atoms with van der Waals surface area (Å²) in [6, 6.07) is 8.81. The van der Waals surface area contributed by atoms with Crippen molar-refractivity contribution in [1.82, 2.24) is 15.0 Å². The number of fused-ring (bicyclic) bond motifs is 1. The maximum atomic E-state index is 4.88. The van der Waals surface area contributed by atoms with Crippen LogP contribution in [0, 0.1) is 12.8 Å². The Hall–Kier alpha value is -2.21. The second-order valence-electron chi connectivity index (χ2n) is 7.79. The number of para-hydroxylation sites is 1. The van der Waals surface area contributed by atoms with E-state index in [2.05, 4.69) is 35.8 Å². The Kier molecular flexibility index (Phi) is 4.44. The lowest BCUT2D eigenvalue weighted by atomic mass is 10.2. The number of anilines is 2. The molecular weight excluding hydrogens is 354 g/mol. The van der Waals surface area contributed by atoms with Crippen LogP contribution in [0.5, 0.6) is 0 Å². The van der Waals surface area contributed by atoms with Gasteiger partial charge in [0.2, 0.25) is 5.95 Å². The van der Waals surface area contributed by atoms with Crippen molar-refractivity contribution in [3.8, 4) is 10.6 Å². The van der Waals surface area contributed by atoms with Crippen molar-refractivity contribution in [3.05, 3.63) is 30.0 Å². The van der Waals surface area contributed by atoms with Crippen LogP contribution in [0.4, 0.5) is 11.8 Å². The molecule has 0 radical (unpaired) electrons. The molecule has 5 rings (SSSR count). The molecular formula is C21H25N5S. The monoisotopic (exact) mass is 379 g/mol. The molecule has 140 valence electrons. The normalized spacial score (nSPS) is 17.5. The van der Waals surface area contributed by atoms with Crippen LogP contribution in [0.15, 0.2) is 24.3 Å². The molecule has 0 bridgehead atoms. The fraction of sp³-hybridized carbons (Fsp3) is 0.476. The quantitative estimate of drug-likeness (QED) is 0.613. The van der Waals surface area contributed by atoms with E-state index in [0.717, 1.165) is 46.0 Å². The lowest BCUT2D eigenvalue weighted by molar-refractivity contribution is 0.749. The Balaban J connectivity index is 1.54. The molecule has 6 heteroatoms. The van der Waals surface area contributed by atoms with E-state index < -0.39 is 0 Å². The van der Waals surface area contributed by atoms with Gasteiger partial charge in [0.15, 0.2) is 0 Å². The van der Waals surface area contributed by atoms with E-state index in [4.69, 9.17) is 15.0 Å². The average Bonchev–Trinajstić information content (AvgIpc) is 3.17. The van der Waals surface area contributed by atoms with Gasteiger partial charge in [-0.15, -0.1) is 11.3 Å². The SMILES string of the molecule is Cc1nc(NCC2CC2)nc(NC2CCCC2)c1-c1nc2ccccc2s1. The molecule has 5 nitrogen and oxygen atoms in total. The highest BCUT2D eigenvalue weighted by atomic mass is 32.1. The summed E-state index contributed by atoms with van der Waals surface area (Å²) < 4.78 is 1.20. The molecule has 27 heavy (non-hydrogen) atoms. The lowest BCUT2D eigenvalue weighted by Gasteiger charge is -2.18. The van der Waals surface area contributed by atoms with Crippen LogP contribution in [-0.2, 0) is 0 Å². The molecule has 0 atom stereocenters. The number of aryl methyl sites for hydroxylation is 1. The summed E-state index contributed by atoms with van der Waals surface area (Å²) >= 11 is 1.72. The van der Waals surface area contributed by atoms with Crippen LogP contribution >= 0.6 is 11.3 Å². The Labute approximate surface area is 163 Å². The third-order valence-corrected chi connectivity index (χ3v) is 6.59. The predicted octanol–water partition coefficient (Wildman–Crippen LogP) is 5.24. The van der Waals surface area contributed by atoms with Gasteiger partial charge in [0.25, 0.3) is 0 Å². The summed E-state index contributed by atoms with van der Waals surface area (Å²) in [5.74, 6) is 2.47. The van der Waals surface area contributed by atoms with Crippen LogP contribution in [0.1, 0.15) is 44.2 Å². The van der Waals surface area contributed by atoms with Crippen LogP contribution < -0.4 is 10.6 Å². The van der Waals surface area contributed by atoms with Crippen molar-refractivity contribution < 1.29 is 0 Å². The van der Waals surface area contributed by atoms with E-state index in [1.807, 2.05) is 6.07 Å². The van der Waals surface area contributed by atoms with Crippen molar-refractivity contribution in [2.24, 2.45) is 5.92 Å². The fourth-order valence-corrected chi connectivity index (χ4v) is 4.88. The highest BCUT2D eigenvalue weighted by Crippen LogP contribution is 2.37. The molecule has 0 amide bonds. The topological polar surface area (TPSA) is 62.7 Å². The van der Waals surface area contributed by atoms with Crippen LogP contribution in [0.2, 0.25) is 0 Å². The summed E-state index contributed by atoms with van der Waals surface area (Å²) in [5, 5.41) is 8.15. The van der Waals surface area contributed by atoms with Gasteiger partial charge in [-0.05, 0) is 50.7 Å². The molecule has 1 aromatic carbocycles. The molecule has 0 spiro atoms. The number of nitrogens with zero attached hydrogens (tertiary/aromatic N) is 3. The van der Waals surface area contributed by atoms with E-state index in [0.29, 0.717) is 6.04 Å². The Morgan fingerprint density at radius 2 is 1.85 bits per heavy atom. The summed E-state index contributed by atoms with van der Waals surface area (Å²) in [7, 11) is 0. The van der Waals surface area contributed by atoms with Gasteiger partial charge in [0.1, 0.15) is 10.8 Å². The third-order valence-electron chi connectivity index (χ3n) is 5.54. The maximum absolute atomic E-state index is 4.88. The maximum Gasteiger partial charge on any atom is 0.224 e. The Morgan fingerprint density at radius 1 is 1.04 bits per heavy atom. The molecule has 0 unspecified atom stereocenters. The van der Waals surface area contributed by atoms with Crippen molar-refractivity contribution in [2.75, 3.05) is 17.2 Å². The minimum Gasteiger partial charge on any atom is -0.367 e. The van der Waals surface area contributed by atoms with Gasteiger partial charge in [-0.2, -0.15) is 4.98 Å². The highest BCUT2D eigenvalue weighted by Gasteiger charge is 2.24. The number of hydrogen-bond acceptors (Lipinski definition) is 6. The van der Waals surface area contributed by atoms with Gasteiger partial charge >= 0.3 is 0 Å². The second-order valence-corrected chi connectivity index (χ2v) is 8.82. The van der Waals surface area contributed by atoms with E-state index in [1.165, 1.54) is 43.2 Å². The van der Waals surface area contributed by atoms with Crippen molar-refractivity contribution >= 4 is 33.3 Å². The summed E-state index contributed by atoms with van der Waals surface area (Å²) in [5.41, 5.74) is 3.09. The molecule has 2 aliphatic rings. The van der Waals surface area contributed by atoms with Crippen LogP contribution in [0.25, 0.3) is 20.8 Å². The van der Waals surface area contributed by atoms with Gasteiger partial charge in [-0.25, -0.2) is 9.97 Å². The van der Waals surface area contributed by atoms with Crippen LogP contribution in [-0.4, -0.2) is 27.5 Å². The first-order valence-corrected chi connectivity index (χ1v) is 10.8. The minimum atomic E-state index is 0.503. The lowest BCUT2D eigenvalue weighted by Crippen LogP contribution is -2.18. The van der Waals surface area contributed by atoms with Gasteiger partial charge in [0, 0.05) is 12.6 Å². The number of nitrogens with one attached hydrogen (secondary N) is 2. The van der Waals surface area contributed by atoms with E-state index in [-0.39, 0.29) is 0 Å². The largest absolute Gasteiger partial charge is 0.367 e. The van der Waals surface area contributed by atoms with E-state index in [9.17, 15) is 0 Å². The molecule has 2 aromatic heterocycles. The molecule has 0 aliphatic heterocycles. The molecule has 2 heterocycles. The zero-order valence-electron chi connectivity index (χ0n) is 15.7. The predicted molar refractivity (Wildman–Crippen MR) is 112 cm³/mol. The first-order chi connectivity index (χ1) is 13.3. The molecule has 2 fully saturated rings. The van der Waals surface area contributed by atoms with Crippen molar-refractivity contribution in [1.29, 1.82) is 0 Å². The summed E-state index contributed by atoms with van der Waals surface area (Å²) in [6.45, 7) is 3.05. The molecule has 0 saturated heterocycles. The molecule has 2 N–H and O–H groups in total. The van der Waals surface area contributed by atoms with Gasteiger partial charge < -0.3 is 10.6 Å². The first kappa shape index (κ1) is 16.9. The number of aromatic nitrogens is 3. The van der Waals surface area contributed by atoms with Gasteiger partial charge in [-0.1, -0.05) is 25.0 Å². The van der Waals surface area contributed by atoms with E-state index in [1.54, 1.807) is 11.3 Å². The zero-order valence-corrected chi connectivity index (χ0v) is 16.5. The number of rotatable bonds is 6. The minimum absolute atomic E-state index is 0.503. The number of benzene rings is 1. The van der Waals surface area contributed by atoms with Crippen molar-refractivity contribution in [2.45, 2.75) is 51.5 Å². The molecule has 2 aliphatic carbocycles. The number of hydrogen-bond donors (Lipinski definition) is 2. The third kappa shape index (κ3) is 3.63. The fourth-order valence-electron chi connectivity index (χ4n) is 3.81. The van der Waals surface area contributed by atoms with Gasteiger partial charge in [0.05, 0.1) is 21.5 Å². The van der Waals surface area contributed by atoms with E-state index >= 15 is 0 Å². The van der Waals surface area contributed by atoms with Crippen LogP contribution in [0.3, 0.4) is 0 Å². The highest BCUT2D eigenvalue weighted by molar-refractivity contribution is 7.21. The Bertz CT molecular complexity index is 923. The standard InChI is InChI=1S/C21H25N5S/c1-13-18(20-25-16-8-4-5-9-17(16)27-20)19(24-15-6-2-3-7-15)26-21(23-13)22-12-14-10-11-14/h4-5,8-9,14-15H,2-3,6-7,10-12H2,1H3,(H2,22,23,24,26). The second kappa shape index (κ2) is 7.08. The average molecular weight is 380 g/mol. The molecule has 3 aromatic rings. The molecule has 2 saturated carbocycles.